The maximum atomic E-state index is 12.5. The Bertz CT molecular complexity index is 1210. The highest BCUT2D eigenvalue weighted by molar-refractivity contribution is 7.99. The standard InChI is InChI=1S/C23H20ClN5OS/c1-15-6-5-7-16(2)21(15)29-22(17-10-12-25-13-11-17)27-28-23(29)31-14-20(30)26-19-9-4-3-8-18(19)24/h3-13H,14H2,1-2H3,(H,26,30). The lowest BCUT2D eigenvalue weighted by molar-refractivity contribution is -0.113. The lowest BCUT2D eigenvalue weighted by atomic mass is 10.1. The number of benzene rings is 2. The Labute approximate surface area is 189 Å². The SMILES string of the molecule is Cc1cccc(C)c1-n1c(SCC(=O)Nc2ccccc2Cl)nnc1-c1ccncc1. The van der Waals surface area contributed by atoms with E-state index in [1.807, 2.05) is 34.9 Å². The summed E-state index contributed by atoms with van der Waals surface area (Å²) in [6, 6.07) is 17.1. The predicted molar refractivity (Wildman–Crippen MR) is 125 cm³/mol. The number of amides is 1. The molecule has 156 valence electrons. The van der Waals surface area contributed by atoms with E-state index < -0.39 is 0 Å². The maximum absolute atomic E-state index is 12.5. The number of aromatic nitrogens is 4. The van der Waals surface area contributed by atoms with Gasteiger partial charge in [0.15, 0.2) is 11.0 Å². The Kier molecular flexibility index (Phi) is 6.34. The van der Waals surface area contributed by atoms with E-state index in [1.54, 1.807) is 24.5 Å². The molecule has 2 heterocycles. The van der Waals surface area contributed by atoms with Gasteiger partial charge in [0.1, 0.15) is 0 Å². The summed E-state index contributed by atoms with van der Waals surface area (Å²) in [5, 5.41) is 12.8. The summed E-state index contributed by atoms with van der Waals surface area (Å²) >= 11 is 7.47. The Morgan fingerprint density at radius 1 is 1.00 bits per heavy atom. The number of thioether (sulfide) groups is 1. The van der Waals surface area contributed by atoms with Crippen molar-refractivity contribution in [2.24, 2.45) is 0 Å². The molecule has 0 atom stereocenters. The zero-order chi connectivity index (χ0) is 21.8. The second-order valence-electron chi connectivity index (χ2n) is 6.93. The summed E-state index contributed by atoms with van der Waals surface area (Å²) in [5.41, 5.74) is 4.68. The molecule has 0 aliphatic heterocycles. The highest BCUT2D eigenvalue weighted by atomic mass is 35.5. The molecule has 0 spiro atoms. The molecule has 0 radical (unpaired) electrons. The molecule has 6 nitrogen and oxygen atoms in total. The molecule has 0 aliphatic rings. The minimum absolute atomic E-state index is 0.167. The Balaban J connectivity index is 1.66. The average Bonchev–Trinajstić information content (AvgIpc) is 3.18. The van der Waals surface area contributed by atoms with Crippen molar-refractivity contribution in [3.05, 3.63) is 83.1 Å². The summed E-state index contributed by atoms with van der Waals surface area (Å²) in [6.45, 7) is 4.11. The summed E-state index contributed by atoms with van der Waals surface area (Å²) in [7, 11) is 0. The van der Waals surface area contributed by atoms with Crippen LogP contribution in [0.15, 0.2) is 72.1 Å². The number of carbonyl (C=O) groups is 1. The van der Waals surface area contributed by atoms with Gasteiger partial charge < -0.3 is 5.32 Å². The van der Waals surface area contributed by atoms with Crippen LogP contribution in [0.4, 0.5) is 5.69 Å². The first-order valence-corrected chi connectivity index (χ1v) is 11.0. The molecular weight excluding hydrogens is 430 g/mol. The van der Waals surface area contributed by atoms with Crippen molar-refractivity contribution in [3.8, 4) is 17.1 Å². The van der Waals surface area contributed by atoms with E-state index in [-0.39, 0.29) is 11.7 Å². The molecule has 1 N–H and O–H groups in total. The van der Waals surface area contributed by atoms with Gasteiger partial charge in [-0.1, -0.05) is 53.7 Å². The van der Waals surface area contributed by atoms with Gasteiger partial charge in [0.25, 0.3) is 0 Å². The van der Waals surface area contributed by atoms with Crippen molar-refractivity contribution in [1.29, 1.82) is 0 Å². The van der Waals surface area contributed by atoms with Crippen LogP contribution in [-0.2, 0) is 4.79 Å². The number of halogens is 1. The minimum Gasteiger partial charge on any atom is -0.324 e. The average molecular weight is 450 g/mol. The predicted octanol–water partition coefficient (Wildman–Crippen LogP) is 5.33. The molecular formula is C23H20ClN5OS. The number of nitrogens with zero attached hydrogens (tertiary/aromatic N) is 4. The van der Waals surface area contributed by atoms with Gasteiger partial charge in [0.2, 0.25) is 5.91 Å². The first-order chi connectivity index (χ1) is 15.0. The highest BCUT2D eigenvalue weighted by Crippen LogP contribution is 2.31. The molecule has 0 fully saturated rings. The molecule has 4 rings (SSSR count). The number of rotatable bonds is 6. The molecule has 31 heavy (non-hydrogen) atoms. The second-order valence-corrected chi connectivity index (χ2v) is 8.28. The van der Waals surface area contributed by atoms with Gasteiger partial charge in [-0.25, -0.2) is 0 Å². The molecule has 0 unspecified atom stereocenters. The van der Waals surface area contributed by atoms with E-state index >= 15 is 0 Å². The van der Waals surface area contributed by atoms with Crippen molar-refractivity contribution in [2.45, 2.75) is 19.0 Å². The zero-order valence-corrected chi connectivity index (χ0v) is 18.6. The van der Waals surface area contributed by atoms with Gasteiger partial charge in [-0.05, 0) is 49.2 Å². The van der Waals surface area contributed by atoms with Crippen LogP contribution in [0.3, 0.4) is 0 Å². The third kappa shape index (κ3) is 4.62. The summed E-state index contributed by atoms with van der Waals surface area (Å²) < 4.78 is 2.01. The minimum atomic E-state index is -0.167. The second kappa shape index (κ2) is 9.32. The van der Waals surface area contributed by atoms with Gasteiger partial charge in [-0.2, -0.15) is 0 Å². The van der Waals surface area contributed by atoms with E-state index in [0.29, 0.717) is 21.7 Å². The molecule has 0 saturated carbocycles. The molecule has 2 aromatic carbocycles. The number of anilines is 1. The number of nitrogens with one attached hydrogen (secondary N) is 1. The first kappa shape index (κ1) is 21.1. The summed E-state index contributed by atoms with van der Waals surface area (Å²) in [5.74, 6) is 0.707. The number of pyridine rings is 1. The molecule has 0 aliphatic carbocycles. The van der Waals surface area contributed by atoms with Crippen LogP contribution < -0.4 is 5.32 Å². The van der Waals surface area contributed by atoms with Gasteiger partial charge in [-0.15, -0.1) is 10.2 Å². The fourth-order valence-electron chi connectivity index (χ4n) is 3.29. The lowest BCUT2D eigenvalue weighted by Gasteiger charge is -2.15. The van der Waals surface area contributed by atoms with Crippen LogP contribution in [0.25, 0.3) is 17.1 Å². The zero-order valence-electron chi connectivity index (χ0n) is 17.0. The normalized spacial score (nSPS) is 10.8. The number of aryl methyl sites for hydroxylation is 2. The number of carbonyl (C=O) groups excluding carboxylic acids is 1. The van der Waals surface area contributed by atoms with Crippen molar-refractivity contribution < 1.29 is 4.79 Å². The van der Waals surface area contributed by atoms with Crippen LogP contribution in [0.1, 0.15) is 11.1 Å². The van der Waals surface area contributed by atoms with Crippen molar-refractivity contribution in [2.75, 3.05) is 11.1 Å². The number of para-hydroxylation sites is 2. The third-order valence-corrected chi connectivity index (χ3v) is 5.97. The van der Waals surface area contributed by atoms with Crippen molar-refractivity contribution in [1.82, 2.24) is 19.7 Å². The van der Waals surface area contributed by atoms with E-state index in [9.17, 15) is 4.79 Å². The van der Waals surface area contributed by atoms with E-state index in [4.69, 9.17) is 11.6 Å². The van der Waals surface area contributed by atoms with Gasteiger partial charge in [-0.3, -0.25) is 14.3 Å². The molecule has 4 aromatic rings. The van der Waals surface area contributed by atoms with Crippen molar-refractivity contribution >= 4 is 35.0 Å². The largest absolute Gasteiger partial charge is 0.324 e. The molecule has 0 bridgehead atoms. The first-order valence-electron chi connectivity index (χ1n) is 9.64. The Morgan fingerprint density at radius 2 is 1.71 bits per heavy atom. The Morgan fingerprint density at radius 3 is 2.42 bits per heavy atom. The Hall–Kier alpha value is -3.16. The van der Waals surface area contributed by atoms with E-state index in [2.05, 4.69) is 46.5 Å². The van der Waals surface area contributed by atoms with Crippen LogP contribution in [0.5, 0.6) is 0 Å². The lowest BCUT2D eigenvalue weighted by Crippen LogP contribution is -2.15. The van der Waals surface area contributed by atoms with Gasteiger partial charge >= 0.3 is 0 Å². The smallest absolute Gasteiger partial charge is 0.234 e. The monoisotopic (exact) mass is 449 g/mol. The molecule has 8 heteroatoms. The fourth-order valence-corrected chi connectivity index (χ4v) is 4.21. The molecule has 1 amide bonds. The van der Waals surface area contributed by atoms with E-state index in [1.165, 1.54) is 11.8 Å². The van der Waals surface area contributed by atoms with Crippen LogP contribution in [0, 0.1) is 13.8 Å². The quantitative estimate of drug-likeness (QED) is 0.403. The molecule has 2 aromatic heterocycles. The summed E-state index contributed by atoms with van der Waals surface area (Å²) in [4.78, 5) is 16.6. The molecule has 0 saturated heterocycles. The van der Waals surface area contributed by atoms with Gasteiger partial charge in [0, 0.05) is 18.0 Å². The van der Waals surface area contributed by atoms with Gasteiger partial charge in [0.05, 0.1) is 22.2 Å². The number of hydrogen-bond acceptors (Lipinski definition) is 5. The van der Waals surface area contributed by atoms with Crippen LogP contribution in [-0.4, -0.2) is 31.4 Å². The third-order valence-electron chi connectivity index (χ3n) is 4.72. The topological polar surface area (TPSA) is 72.7 Å². The van der Waals surface area contributed by atoms with E-state index in [0.717, 1.165) is 22.4 Å². The van der Waals surface area contributed by atoms with Crippen molar-refractivity contribution in [3.63, 3.8) is 0 Å². The fraction of sp³-hybridized carbons (Fsp3) is 0.130. The number of hydrogen-bond donors (Lipinski definition) is 1. The summed E-state index contributed by atoms with van der Waals surface area (Å²) in [6.07, 6.45) is 3.45. The van der Waals surface area contributed by atoms with Crippen LogP contribution >= 0.6 is 23.4 Å². The highest BCUT2D eigenvalue weighted by Gasteiger charge is 2.20. The van der Waals surface area contributed by atoms with Crippen LogP contribution in [0.2, 0.25) is 5.02 Å². The maximum Gasteiger partial charge on any atom is 0.234 e.